The van der Waals surface area contributed by atoms with E-state index in [2.05, 4.69) is 22.6 Å². The molecule has 2 rings (SSSR count). The van der Waals surface area contributed by atoms with Gasteiger partial charge < -0.3 is 15.5 Å². The molecule has 2 N–H and O–H groups in total. The molecule has 0 radical (unpaired) electrons. The zero-order valence-electron chi connectivity index (χ0n) is 10.9. The molecule has 17 heavy (non-hydrogen) atoms. The number of rotatable bonds is 6. The van der Waals surface area contributed by atoms with Gasteiger partial charge in [0.15, 0.2) is 0 Å². The van der Waals surface area contributed by atoms with E-state index in [9.17, 15) is 4.79 Å². The van der Waals surface area contributed by atoms with Crippen molar-refractivity contribution in [2.45, 2.75) is 50.6 Å². The molecule has 1 saturated carbocycles. The Morgan fingerprint density at radius 3 is 2.82 bits per heavy atom. The zero-order chi connectivity index (χ0) is 12.1. The zero-order valence-corrected chi connectivity index (χ0v) is 10.9. The molecule has 2 aliphatic rings. The highest BCUT2D eigenvalue weighted by atomic mass is 16.1. The lowest BCUT2D eigenvalue weighted by Crippen LogP contribution is -2.44. The Morgan fingerprint density at radius 1 is 1.29 bits per heavy atom. The average molecular weight is 239 g/mol. The highest BCUT2D eigenvalue weighted by molar-refractivity contribution is 5.76. The van der Waals surface area contributed by atoms with E-state index < -0.39 is 0 Å². The van der Waals surface area contributed by atoms with E-state index in [1.54, 1.807) is 0 Å². The molecule has 1 aliphatic heterocycles. The molecular formula is C13H25N3O. The summed E-state index contributed by atoms with van der Waals surface area (Å²) >= 11 is 0. The van der Waals surface area contributed by atoms with Crippen LogP contribution in [0.2, 0.25) is 0 Å². The third-order valence-corrected chi connectivity index (χ3v) is 3.58. The van der Waals surface area contributed by atoms with Gasteiger partial charge in [0.1, 0.15) is 0 Å². The number of hydrogen-bond donors (Lipinski definition) is 2. The second-order valence-electron chi connectivity index (χ2n) is 5.50. The molecule has 4 nitrogen and oxygen atoms in total. The van der Waals surface area contributed by atoms with Crippen LogP contribution in [0.4, 0.5) is 0 Å². The average Bonchev–Trinajstić information content (AvgIpc) is 3.08. The van der Waals surface area contributed by atoms with Crippen LogP contribution in [0.5, 0.6) is 0 Å². The summed E-state index contributed by atoms with van der Waals surface area (Å²) in [6, 6.07) is 1.13. The minimum Gasteiger partial charge on any atom is -0.353 e. The van der Waals surface area contributed by atoms with Crippen LogP contribution in [0.3, 0.4) is 0 Å². The number of likely N-dealkylation sites (N-methyl/N-ethyl adjacent to an activating group) is 1. The van der Waals surface area contributed by atoms with Gasteiger partial charge in [-0.2, -0.15) is 0 Å². The van der Waals surface area contributed by atoms with Crippen LogP contribution < -0.4 is 10.6 Å². The fraction of sp³-hybridized carbons (Fsp3) is 0.923. The van der Waals surface area contributed by atoms with Crippen molar-refractivity contribution in [2.24, 2.45) is 0 Å². The topological polar surface area (TPSA) is 44.4 Å². The minimum absolute atomic E-state index is 0.232. The number of carbonyl (C=O) groups excluding carboxylic acids is 1. The molecular weight excluding hydrogens is 214 g/mol. The quantitative estimate of drug-likeness (QED) is 0.672. The van der Waals surface area contributed by atoms with Crippen LogP contribution in [0, 0.1) is 0 Å². The van der Waals surface area contributed by atoms with Crippen molar-refractivity contribution in [3.63, 3.8) is 0 Å². The largest absolute Gasteiger partial charge is 0.353 e. The van der Waals surface area contributed by atoms with Crippen LogP contribution >= 0.6 is 0 Å². The molecule has 0 bridgehead atoms. The molecule has 4 heteroatoms. The van der Waals surface area contributed by atoms with E-state index in [4.69, 9.17) is 0 Å². The summed E-state index contributed by atoms with van der Waals surface area (Å²) in [7, 11) is 2.18. The molecule has 2 fully saturated rings. The summed E-state index contributed by atoms with van der Waals surface area (Å²) in [6.45, 7) is 3.34. The Balaban J connectivity index is 1.48. The van der Waals surface area contributed by atoms with Gasteiger partial charge in [0.25, 0.3) is 0 Å². The van der Waals surface area contributed by atoms with E-state index in [0.717, 1.165) is 19.5 Å². The normalized spacial score (nSPS) is 25.8. The summed E-state index contributed by atoms with van der Waals surface area (Å²) in [5.74, 6) is 0.232. The van der Waals surface area contributed by atoms with Crippen molar-refractivity contribution in [3.05, 3.63) is 0 Å². The smallest absolute Gasteiger partial charge is 0.220 e. The number of hydrogen-bond acceptors (Lipinski definition) is 3. The molecule has 1 aliphatic carbocycles. The number of nitrogens with zero attached hydrogens (tertiary/aromatic N) is 1. The summed E-state index contributed by atoms with van der Waals surface area (Å²) in [5, 5.41) is 6.58. The summed E-state index contributed by atoms with van der Waals surface area (Å²) < 4.78 is 0. The van der Waals surface area contributed by atoms with Gasteiger partial charge in [-0.3, -0.25) is 4.79 Å². The lowest BCUT2D eigenvalue weighted by molar-refractivity contribution is -0.121. The van der Waals surface area contributed by atoms with E-state index in [1.165, 1.54) is 32.2 Å². The first kappa shape index (κ1) is 12.8. The molecule has 0 aromatic rings. The van der Waals surface area contributed by atoms with Crippen molar-refractivity contribution in [1.29, 1.82) is 0 Å². The lowest BCUT2D eigenvalue weighted by atomic mass is 10.1. The van der Waals surface area contributed by atoms with Gasteiger partial charge in [-0.15, -0.1) is 0 Å². The first-order chi connectivity index (χ1) is 8.24. The van der Waals surface area contributed by atoms with Crippen LogP contribution in [-0.4, -0.2) is 49.6 Å². The summed E-state index contributed by atoms with van der Waals surface area (Å²) in [4.78, 5) is 13.8. The van der Waals surface area contributed by atoms with Gasteiger partial charge in [0.05, 0.1) is 0 Å². The third-order valence-electron chi connectivity index (χ3n) is 3.58. The van der Waals surface area contributed by atoms with Crippen LogP contribution in [-0.2, 0) is 4.79 Å². The predicted octanol–water partition coefficient (Wildman–Crippen LogP) is 0.729. The fourth-order valence-corrected chi connectivity index (χ4v) is 2.42. The molecule has 1 saturated heterocycles. The first-order valence-corrected chi connectivity index (χ1v) is 6.95. The summed E-state index contributed by atoms with van der Waals surface area (Å²) in [6.07, 6.45) is 6.55. The predicted molar refractivity (Wildman–Crippen MR) is 68.9 cm³/mol. The van der Waals surface area contributed by atoms with Gasteiger partial charge >= 0.3 is 0 Å². The lowest BCUT2D eigenvalue weighted by Gasteiger charge is -2.30. The van der Waals surface area contributed by atoms with Crippen molar-refractivity contribution in [3.8, 4) is 0 Å². The van der Waals surface area contributed by atoms with Crippen LogP contribution in [0.1, 0.15) is 38.5 Å². The molecule has 1 heterocycles. The van der Waals surface area contributed by atoms with Crippen molar-refractivity contribution < 1.29 is 4.79 Å². The van der Waals surface area contributed by atoms with Gasteiger partial charge in [-0.25, -0.2) is 0 Å². The van der Waals surface area contributed by atoms with E-state index in [-0.39, 0.29) is 5.91 Å². The molecule has 1 amide bonds. The van der Waals surface area contributed by atoms with Crippen molar-refractivity contribution in [2.75, 3.05) is 26.7 Å². The Bertz CT molecular complexity index is 253. The van der Waals surface area contributed by atoms with Gasteiger partial charge in [0.2, 0.25) is 5.91 Å². The highest BCUT2D eigenvalue weighted by Gasteiger charge is 2.22. The molecule has 1 atom stereocenters. The Hall–Kier alpha value is -0.610. The number of piperidine rings is 1. The summed E-state index contributed by atoms with van der Waals surface area (Å²) in [5.41, 5.74) is 0. The van der Waals surface area contributed by atoms with E-state index >= 15 is 0 Å². The Kier molecular flexibility index (Phi) is 4.80. The Labute approximate surface area is 104 Å². The maximum Gasteiger partial charge on any atom is 0.220 e. The second-order valence-corrected chi connectivity index (χ2v) is 5.50. The minimum atomic E-state index is 0.232. The number of amides is 1. The standard InChI is InChI=1S/C13H25N3O/c1-16-9-3-4-12(10-16)14-8-2-5-13(17)15-11-6-7-11/h11-12,14H,2-10H2,1H3,(H,15,17). The van der Waals surface area contributed by atoms with Crippen molar-refractivity contribution >= 4 is 5.91 Å². The van der Waals surface area contributed by atoms with Gasteiger partial charge in [-0.05, 0) is 52.2 Å². The number of likely N-dealkylation sites (tertiary alicyclic amines) is 1. The van der Waals surface area contributed by atoms with E-state index in [1.807, 2.05) is 0 Å². The number of carbonyl (C=O) groups is 1. The fourth-order valence-electron chi connectivity index (χ4n) is 2.42. The first-order valence-electron chi connectivity index (χ1n) is 6.95. The maximum absolute atomic E-state index is 11.4. The van der Waals surface area contributed by atoms with Gasteiger partial charge in [-0.1, -0.05) is 0 Å². The molecule has 0 aromatic heterocycles. The highest BCUT2D eigenvalue weighted by Crippen LogP contribution is 2.18. The molecule has 0 aromatic carbocycles. The number of nitrogens with one attached hydrogen (secondary N) is 2. The SMILES string of the molecule is CN1CCCC(NCCCC(=O)NC2CC2)C1. The maximum atomic E-state index is 11.4. The Morgan fingerprint density at radius 2 is 2.12 bits per heavy atom. The second kappa shape index (κ2) is 6.36. The monoisotopic (exact) mass is 239 g/mol. The van der Waals surface area contributed by atoms with Crippen LogP contribution in [0.25, 0.3) is 0 Å². The molecule has 98 valence electrons. The molecule has 0 spiro atoms. The van der Waals surface area contributed by atoms with Gasteiger partial charge in [0, 0.05) is 25.0 Å². The van der Waals surface area contributed by atoms with Crippen molar-refractivity contribution in [1.82, 2.24) is 15.5 Å². The van der Waals surface area contributed by atoms with E-state index in [0.29, 0.717) is 18.5 Å². The molecule has 1 unspecified atom stereocenters. The third kappa shape index (κ3) is 5.04. The van der Waals surface area contributed by atoms with Crippen LogP contribution in [0.15, 0.2) is 0 Å².